The number of carbonyl (C=O) groups is 5. The van der Waals surface area contributed by atoms with Gasteiger partial charge in [0.2, 0.25) is 0 Å². The molecular formula is C25H21F3N2O5. The first kappa shape index (κ1) is 24.3. The van der Waals surface area contributed by atoms with E-state index in [9.17, 15) is 37.1 Å². The number of likely N-dealkylation sites (N-methyl/N-ethyl adjacent to an activating group) is 2. The SMILES string of the molecule is CC1C=C2C(=O)N(C)C(=O)C2=CC(C(=O)C2=CC(C)(C(F)(F)F)C=C3C(=O)N(C)C(=O)C3=C2)=CC1. The van der Waals surface area contributed by atoms with E-state index in [0.29, 0.717) is 17.1 Å². The Labute approximate surface area is 198 Å². The summed E-state index contributed by atoms with van der Waals surface area (Å²) in [6, 6.07) is 0. The maximum absolute atomic E-state index is 14.1. The molecule has 2 aliphatic carbocycles. The Bertz CT molecular complexity index is 1310. The lowest BCUT2D eigenvalue weighted by molar-refractivity contribution is -0.183. The highest BCUT2D eigenvalue weighted by molar-refractivity contribution is 6.27. The van der Waals surface area contributed by atoms with Crippen LogP contribution >= 0.6 is 0 Å². The van der Waals surface area contributed by atoms with Crippen molar-refractivity contribution >= 4 is 29.4 Å². The van der Waals surface area contributed by atoms with Crippen LogP contribution in [0.4, 0.5) is 13.2 Å². The summed E-state index contributed by atoms with van der Waals surface area (Å²) in [6.45, 7) is 2.58. The van der Waals surface area contributed by atoms with Crippen molar-refractivity contribution in [2.24, 2.45) is 11.3 Å². The van der Waals surface area contributed by atoms with Gasteiger partial charge in [-0.3, -0.25) is 33.8 Å². The summed E-state index contributed by atoms with van der Waals surface area (Å²) in [6.07, 6.45) is 2.03. The van der Waals surface area contributed by atoms with E-state index in [0.717, 1.165) is 24.9 Å². The summed E-state index contributed by atoms with van der Waals surface area (Å²) < 4.78 is 42.3. The first-order chi connectivity index (χ1) is 16.2. The highest BCUT2D eigenvalue weighted by atomic mass is 19.4. The highest BCUT2D eigenvalue weighted by Crippen LogP contribution is 2.46. The van der Waals surface area contributed by atoms with Crippen molar-refractivity contribution in [2.45, 2.75) is 26.4 Å². The van der Waals surface area contributed by atoms with Gasteiger partial charge in [0.15, 0.2) is 5.78 Å². The Morgan fingerprint density at radius 3 is 1.91 bits per heavy atom. The van der Waals surface area contributed by atoms with Crippen LogP contribution in [0.3, 0.4) is 0 Å². The zero-order valence-corrected chi connectivity index (χ0v) is 19.3. The third kappa shape index (κ3) is 3.73. The molecule has 0 radical (unpaired) electrons. The molecule has 182 valence electrons. The van der Waals surface area contributed by atoms with E-state index in [1.807, 2.05) is 0 Å². The molecule has 4 aliphatic rings. The number of rotatable bonds is 2. The summed E-state index contributed by atoms with van der Waals surface area (Å²) in [5, 5.41) is 0. The number of alkyl halides is 3. The maximum Gasteiger partial charge on any atom is 0.401 e. The zero-order valence-electron chi connectivity index (χ0n) is 19.3. The molecule has 0 aromatic rings. The lowest BCUT2D eigenvalue weighted by Crippen LogP contribution is -2.33. The Morgan fingerprint density at radius 1 is 0.857 bits per heavy atom. The second-order valence-electron chi connectivity index (χ2n) is 9.17. The molecule has 0 aromatic carbocycles. The van der Waals surface area contributed by atoms with Gasteiger partial charge in [0, 0.05) is 36.4 Å². The summed E-state index contributed by atoms with van der Waals surface area (Å²) in [4.78, 5) is 65.2. The van der Waals surface area contributed by atoms with E-state index >= 15 is 0 Å². The number of allylic oxidation sites excluding steroid dienone is 8. The monoisotopic (exact) mass is 486 g/mol. The Morgan fingerprint density at radius 2 is 1.34 bits per heavy atom. The summed E-state index contributed by atoms with van der Waals surface area (Å²) in [5.74, 6) is -3.99. The molecule has 0 bridgehead atoms. The minimum atomic E-state index is -4.88. The van der Waals surface area contributed by atoms with E-state index in [1.165, 1.54) is 19.2 Å². The van der Waals surface area contributed by atoms with E-state index in [2.05, 4.69) is 0 Å². The molecule has 0 aromatic heterocycles. The average Bonchev–Trinajstić information content (AvgIpc) is 3.00. The fourth-order valence-electron chi connectivity index (χ4n) is 4.31. The molecule has 0 saturated carbocycles. The van der Waals surface area contributed by atoms with Crippen LogP contribution in [0.2, 0.25) is 0 Å². The first-order valence-corrected chi connectivity index (χ1v) is 10.7. The van der Waals surface area contributed by atoms with Crippen LogP contribution in [-0.4, -0.2) is 59.5 Å². The second-order valence-corrected chi connectivity index (χ2v) is 9.17. The number of halogens is 3. The van der Waals surface area contributed by atoms with Gasteiger partial charge in [0.25, 0.3) is 23.6 Å². The molecule has 7 nitrogen and oxygen atoms in total. The third-order valence-electron chi connectivity index (χ3n) is 6.52. The van der Waals surface area contributed by atoms with Gasteiger partial charge in [0.05, 0.1) is 11.1 Å². The van der Waals surface area contributed by atoms with Crippen molar-refractivity contribution in [3.8, 4) is 0 Å². The van der Waals surface area contributed by atoms with Gasteiger partial charge in [-0.25, -0.2) is 0 Å². The summed E-state index contributed by atoms with van der Waals surface area (Å²) in [5.41, 5.74) is -3.92. The predicted molar refractivity (Wildman–Crippen MR) is 117 cm³/mol. The summed E-state index contributed by atoms with van der Waals surface area (Å²) in [7, 11) is 2.44. The molecule has 2 heterocycles. The molecule has 35 heavy (non-hydrogen) atoms. The first-order valence-electron chi connectivity index (χ1n) is 10.7. The van der Waals surface area contributed by atoms with Gasteiger partial charge >= 0.3 is 6.18 Å². The van der Waals surface area contributed by atoms with E-state index in [1.54, 1.807) is 13.0 Å². The van der Waals surface area contributed by atoms with Gasteiger partial charge in [0.1, 0.15) is 5.41 Å². The van der Waals surface area contributed by atoms with Crippen LogP contribution in [0, 0.1) is 11.3 Å². The van der Waals surface area contributed by atoms with Crippen LogP contribution < -0.4 is 0 Å². The normalized spacial score (nSPS) is 27.1. The third-order valence-corrected chi connectivity index (χ3v) is 6.52. The van der Waals surface area contributed by atoms with Gasteiger partial charge < -0.3 is 0 Å². The van der Waals surface area contributed by atoms with Crippen molar-refractivity contribution in [2.75, 3.05) is 14.1 Å². The Kier molecular flexibility index (Phi) is 5.46. The van der Waals surface area contributed by atoms with E-state index in [4.69, 9.17) is 0 Å². The van der Waals surface area contributed by atoms with Crippen LogP contribution in [-0.2, 0) is 24.0 Å². The van der Waals surface area contributed by atoms with Crippen molar-refractivity contribution in [3.63, 3.8) is 0 Å². The number of fused-ring (bicyclic) bond motifs is 2. The number of nitrogens with zero attached hydrogens (tertiary/aromatic N) is 2. The fourth-order valence-corrected chi connectivity index (χ4v) is 4.31. The molecule has 0 spiro atoms. The molecule has 4 rings (SSSR count). The van der Waals surface area contributed by atoms with Gasteiger partial charge in [-0.2, -0.15) is 13.2 Å². The second kappa shape index (κ2) is 7.86. The predicted octanol–water partition coefficient (Wildman–Crippen LogP) is 2.73. The molecule has 2 fully saturated rings. The van der Waals surface area contributed by atoms with Gasteiger partial charge in [-0.05, 0) is 31.4 Å². The van der Waals surface area contributed by atoms with Gasteiger partial charge in [-0.15, -0.1) is 0 Å². The number of likely N-dealkylation sites (tertiary alicyclic amines) is 2. The molecule has 2 aliphatic heterocycles. The molecule has 4 amide bonds. The molecular weight excluding hydrogens is 465 g/mol. The van der Waals surface area contributed by atoms with E-state index in [-0.39, 0.29) is 34.6 Å². The number of amides is 4. The standard InChI is InChI=1S/C25H21F3N2O5/c1-12-5-6-13(8-16-15(7-12)20(32)29(3)21(16)33)19(31)14-9-17-18(23(35)30(4)22(17)34)11-24(2,10-14)25(26,27)28/h6-12H,5H2,1-4H3. The Hall–Kier alpha value is -3.82. The maximum atomic E-state index is 14.1. The number of Topliss-reactive ketones (excluding diaryl/α,β-unsaturated/α-hetero) is 1. The summed E-state index contributed by atoms with van der Waals surface area (Å²) >= 11 is 0. The molecule has 2 unspecified atom stereocenters. The topological polar surface area (TPSA) is 91.8 Å². The Balaban J connectivity index is 1.88. The lowest BCUT2D eigenvalue weighted by Gasteiger charge is -2.26. The number of hydrogen-bond acceptors (Lipinski definition) is 5. The van der Waals surface area contributed by atoms with Gasteiger partial charge in [-0.1, -0.05) is 31.2 Å². The van der Waals surface area contributed by atoms with Crippen molar-refractivity contribution in [3.05, 3.63) is 69.9 Å². The van der Waals surface area contributed by atoms with Crippen LogP contribution in [0.1, 0.15) is 20.3 Å². The van der Waals surface area contributed by atoms with Crippen LogP contribution in [0.25, 0.3) is 0 Å². The molecule has 0 N–H and O–H groups in total. The van der Waals surface area contributed by atoms with Crippen molar-refractivity contribution in [1.29, 1.82) is 0 Å². The van der Waals surface area contributed by atoms with Crippen molar-refractivity contribution in [1.82, 2.24) is 9.80 Å². The average molecular weight is 486 g/mol. The number of carbonyl (C=O) groups excluding carboxylic acids is 5. The van der Waals surface area contributed by atoms with Crippen LogP contribution in [0.15, 0.2) is 69.9 Å². The number of hydrogen-bond donors (Lipinski definition) is 0. The lowest BCUT2D eigenvalue weighted by atomic mass is 9.84. The largest absolute Gasteiger partial charge is 0.401 e. The smallest absolute Gasteiger partial charge is 0.289 e. The molecule has 2 saturated heterocycles. The minimum Gasteiger partial charge on any atom is -0.289 e. The molecule has 2 atom stereocenters. The fraction of sp³-hybridized carbons (Fsp3) is 0.320. The number of ketones is 1. The molecule has 10 heteroatoms. The minimum absolute atomic E-state index is 0.0326. The zero-order chi connectivity index (χ0) is 26.0. The van der Waals surface area contributed by atoms with Crippen LogP contribution in [0.5, 0.6) is 0 Å². The number of imide groups is 2. The van der Waals surface area contributed by atoms with Crippen molar-refractivity contribution < 1.29 is 37.1 Å². The van der Waals surface area contributed by atoms with E-state index < -0.39 is 52.1 Å². The quantitative estimate of drug-likeness (QED) is 0.560. The highest BCUT2D eigenvalue weighted by Gasteiger charge is 2.52.